The molecule has 164 valence electrons. The Morgan fingerprint density at radius 3 is 2.45 bits per heavy atom. The molecule has 1 aliphatic rings. The Hall–Kier alpha value is -3.68. The maximum Gasteiger partial charge on any atom is 0.258 e. The van der Waals surface area contributed by atoms with Crippen molar-refractivity contribution in [2.24, 2.45) is 0 Å². The molecule has 0 spiro atoms. The summed E-state index contributed by atoms with van der Waals surface area (Å²) in [6, 6.07) is 19.3. The van der Waals surface area contributed by atoms with Gasteiger partial charge < -0.3 is 10.2 Å². The molecule has 0 bridgehead atoms. The monoisotopic (exact) mass is 477 g/mol. The molecule has 2 amide bonds. The van der Waals surface area contributed by atoms with E-state index in [1.54, 1.807) is 53.7 Å². The third-order valence-corrected chi connectivity index (χ3v) is 6.26. The van der Waals surface area contributed by atoms with E-state index in [1.807, 2.05) is 28.8 Å². The van der Waals surface area contributed by atoms with Gasteiger partial charge in [-0.25, -0.2) is 0 Å². The first-order valence-electron chi connectivity index (χ1n) is 10.2. The number of hydrogen-bond donors (Lipinski definition) is 1. The van der Waals surface area contributed by atoms with Gasteiger partial charge in [0.05, 0.1) is 27.0 Å². The Kier molecular flexibility index (Phi) is 5.58. The van der Waals surface area contributed by atoms with Crippen molar-refractivity contribution < 1.29 is 9.59 Å². The third kappa shape index (κ3) is 3.97. The standard InChI is InChI=1S/C24H17Cl2N5O2/c25-18-5-3-4-17(22(18)26)23(32)28-16-10-8-15(9-11-16)24(33)30-13-12-21-29-27-14-31(21)20-7-2-1-6-19(20)30/h1-11,14H,12-13H2,(H,28,32). The van der Waals surface area contributed by atoms with Crippen LogP contribution in [0, 0.1) is 0 Å². The maximum absolute atomic E-state index is 13.4. The van der Waals surface area contributed by atoms with Gasteiger partial charge in [-0.1, -0.05) is 41.4 Å². The summed E-state index contributed by atoms with van der Waals surface area (Å²) < 4.78 is 1.90. The van der Waals surface area contributed by atoms with E-state index < -0.39 is 0 Å². The molecule has 0 saturated carbocycles. The number of carbonyl (C=O) groups excluding carboxylic acids is 2. The van der Waals surface area contributed by atoms with Crippen LogP contribution in [-0.2, 0) is 6.42 Å². The van der Waals surface area contributed by atoms with Gasteiger partial charge in [0.2, 0.25) is 0 Å². The maximum atomic E-state index is 13.4. The number of para-hydroxylation sites is 2. The molecule has 5 rings (SSSR count). The first-order valence-corrected chi connectivity index (χ1v) is 10.9. The Bertz CT molecular complexity index is 1370. The van der Waals surface area contributed by atoms with Crippen molar-refractivity contribution >= 4 is 46.4 Å². The Labute approximate surface area is 199 Å². The fraction of sp³-hybridized carbons (Fsp3) is 0.0833. The van der Waals surface area contributed by atoms with E-state index in [0.717, 1.165) is 17.2 Å². The fourth-order valence-electron chi connectivity index (χ4n) is 3.80. The second kappa shape index (κ2) is 8.69. The summed E-state index contributed by atoms with van der Waals surface area (Å²) in [4.78, 5) is 27.7. The predicted octanol–water partition coefficient (Wildman–Crippen LogP) is 5.03. The molecule has 33 heavy (non-hydrogen) atoms. The molecule has 0 aliphatic carbocycles. The van der Waals surface area contributed by atoms with E-state index >= 15 is 0 Å². The number of aromatic nitrogens is 3. The first-order chi connectivity index (χ1) is 16.0. The number of halogens is 2. The van der Waals surface area contributed by atoms with Crippen molar-refractivity contribution in [2.45, 2.75) is 6.42 Å². The lowest BCUT2D eigenvalue weighted by molar-refractivity contribution is 0.0986. The van der Waals surface area contributed by atoms with Crippen LogP contribution in [0.15, 0.2) is 73.1 Å². The van der Waals surface area contributed by atoms with Gasteiger partial charge in [-0.3, -0.25) is 14.2 Å². The Morgan fingerprint density at radius 1 is 0.909 bits per heavy atom. The molecule has 4 aromatic rings. The highest BCUT2D eigenvalue weighted by atomic mass is 35.5. The summed E-state index contributed by atoms with van der Waals surface area (Å²) in [6.07, 6.45) is 2.24. The highest BCUT2D eigenvalue weighted by Gasteiger charge is 2.25. The molecule has 1 N–H and O–H groups in total. The summed E-state index contributed by atoms with van der Waals surface area (Å²) in [6.45, 7) is 0.473. The molecule has 0 fully saturated rings. The second-order valence-electron chi connectivity index (χ2n) is 7.45. The molecule has 0 radical (unpaired) electrons. The summed E-state index contributed by atoms with van der Waals surface area (Å²) in [5, 5.41) is 11.5. The topological polar surface area (TPSA) is 80.1 Å². The Morgan fingerprint density at radius 2 is 1.67 bits per heavy atom. The summed E-state index contributed by atoms with van der Waals surface area (Å²) >= 11 is 12.1. The van der Waals surface area contributed by atoms with Gasteiger partial charge in [0.25, 0.3) is 11.8 Å². The summed E-state index contributed by atoms with van der Waals surface area (Å²) in [5.74, 6) is 0.276. The van der Waals surface area contributed by atoms with Crippen LogP contribution in [0.2, 0.25) is 10.0 Å². The summed E-state index contributed by atoms with van der Waals surface area (Å²) in [7, 11) is 0. The smallest absolute Gasteiger partial charge is 0.258 e. The van der Waals surface area contributed by atoms with E-state index in [9.17, 15) is 9.59 Å². The number of benzene rings is 3. The van der Waals surface area contributed by atoms with Gasteiger partial charge in [-0.15, -0.1) is 10.2 Å². The van der Waals surface area contributed by atoms with Crippen molar-refractivity contribution in [1.29, 1.82) is 0 Å². The summed E-state index contributed by atoms with van der Waals surface area (Å²) in [5.41, 5.74) is 2.95. The fourth-order valence-corrected chi connectivity index (χ4v) is 4.19. The van der Waals surface area contributed by atoms with Crippen molar-refractivity contribution in [3.8, 4) is 5.69 Å². The lowest BCUT2D eigenvalue weighted by Crippen LogP contribution is -2.32. The number of fused-ring (bicyclic) bond motifs is 3. The molecule has 0 saturated heterocycles. The average Bonchev–Trinajstić information content (AvgIpc) is 3.24. The highest BCUT2D eigenvalue weighted by Crippen LogP contribution is 2.30. The molecule has 1 aliphatic heterocycles. The van der Waals surface area contributed by atoms with E-state index in [-0.39, 0.29) is 22.4 Å². The van der Waals surface area contributed by atoms with E-state index in [4.69, 9.17) is 23.2 Å². The van der Waals surface area contributed by atoms with Crippen LogP contribution >= 0.6 is 23.2 Å². The number of rotatable bonds is 3. The molecule has 7 nitrogen and oxygen atoms in total. The number of anilines is 2. The molecular formula is C24H17Cl2N5O2. The number of nitrogens with one attached hydrogen (secondary N) is 1. The largest absolute Gasteiger partial charge is 0.322 e. The van der Waals surface area contributed by atoms with E-state index in [2.05, 4.69) is 15.5 Å². The molecule has 9 heteroatoms. The average molecular weight is 478 g/mol. The number of hydrogen-bond acceptors (Lipinski definition) is 4. The van der Waals surface area contributed by atoms with Crippen LogP contribution in [-0.4, -0.2) is 33.1 Å². The molecular weight excluding hydrogens is 461 g/mol. The molecule has 3 aromatic carbocycles. The lowest BCUT2D eigenvalue weighted by Gasteiger charge is -2.23. The predicted molar refractivity (Wildman–Crippen MR) is 128 cm³/mol. The zero-order chi connectivity index (χ0) is 22.9. The van der Waals surface area contributed by atoms with Crippen LogP contribution in [0.1, 0.15) is 26.5 Å². The van der Waals surface area contributed by atoms with Crippen molar-refractivity contribution in [2.75, 3.05) is 16.8 Å². The Balaban J connectivity index is 1.37. The zero-order valence-electron chi connectivity index (χ0n) is 17.2. The third-order valence-electron chi connectivity index (χ3n) is 5.44. The minimum Gasteiger partial charge on any atom is -0.322 e. The zero-order valence-corrected chi connectivity index (χ0v) is 18.7. The molecule has 0 atom stereocenters. The number of amides is 2. The number of carbonyl (C=O) groups is 2. The van der Waals surface area contributed by atoms with Crippen molar-refractivity contribution in [3.05, 3.63) is 100 Å². The van der Waals surface area contributed by atoms with Gasteiger partial charge >= 0.3 is 0 Å². The quantitative estimate of drug-likeness (QED) is 0.448. The SMILES string of the molecule is O=C(Nc1ccc(C(=O)N2CCc3nncn3-c3ccccc32)cc1)c1cccc(Cl)c1Cl. The molecule has 1 aromatic heterocycles. The minimum atomic E-state index is -0.383. The minimum absolute atomic E-state index is 0.142. The van der Waals surface area contributed by atoms with Crippen LogP contribution in [0.3, 0.4) is 0 Å². The highest BCUT2D eigenvalue weighted by molar-refractivity contribution is 6.44. The van der Waals surface area contributed by atoms with E-state index in [0.29, 0.717) is 29.2 Å². The normalized spacial score (nSPS) is 12.5. The van der Waals surface area contributed by atoms with Crippen LogP contribution in [0.4, 0.5) is 11.4 Å². The lowest BCUT2D eigenvalue weighted by atomic mass is 10.1. The number of nitrogens with zero attached hydrogens (tertiary/aromatic N) is 4. The van der Waals surface area contributed by atoms with Crippen LogP contribution in [0.25, 0.3) is 5.69 Å². The first kappa shape index (κ1) is 21.2. The van der Waals surface area contributed by atoms with E-state index in [1.165, 1.54) is 0 Å². The van der Waals surface area contributed by atoms with Crippen molar-refractivity contribution in [3.63, 3.8) is 0 Å². The van der Waals surface area contributed by atoms with Gasteiger partial charge in [0.15, 0.2) is 0 Å². The van der Waals surface area contributed by atoms with Gasteiger partial charge in [0.1, 0.15) is 12.2 Å². The second-order valence-corrected chi connectivity index (χ2v) is 8.23. The van der Waals surface area contributed by atoms with Gasteiger partial charge in [-0.05, 0) is 48.5 Å². The van der Waals surface area contributed by atoms with Crippen LogP contribution < -0.4 is 10.2 Å². The van der Waals surface area contributed by atoms with Gasteiger partial charge in [0, 0.05) is 24.2 Å². The van der Waals surface area contributed by atoms with Crippen LogP contribution in [0.5, 0.6) is 0 Å². The van der Waals surface area contributed by atoms with Crippen molar-refractivity contribution in [1.82, 2.24) is 14.8 Å². The molecule has 2 heterocycles. The molecule has 0 unspecified atom stereocenters. The van der Waals surface area contributed by atoms with Gasteiger partial charge in [-0.2, -0.15) is 0 Å².